The Balaban J connectivity index is -0.0000000913. The molecule has 0 unspecified atom stereocenters. The Morgan fingerprint density at radius 1 is 0.727 bits per heavy atom. The van der Waals surface area contributed by atoms with Gasteiger partial charge in [-0.05, 0) is 13.3 Å². The first-order valence-corrected chi connectivity index (χ1v) is 9.14. The van der Waals surface area contributed by atoms with Crippen molar-refractivity contribution < 1.29 is 58.7 Å². The topological polar surface area (TPSA) is 115 Å². The zero-order chi connectivity index (χ0) is 17.0. The van der Waals surface area contributed by atoms with Crippen molar-refractivity contribution in [2.24, 2.45) is 0 Å². The summed E-state index contributed by atoms with van der Waals surface area (Å²) in [7, 11) is -4.67. The second kappa shape index (κ2) is 26.7. The predicted molar refractivity (Wildman–Crippen MR) is 87.0 cm³/mol. The van der Waals surface area contributed by atoms with E-state index in [9.17, 15) is 0 Å². The first-order chi connectivity index (χ1) is 9.83. The Morgan fingerprint density at radius 2 is 0.955 bits per heavy atom. The zero-order valence-electron chi connectivity index (χ0n) is 15.5. The van der Waals surface area contributed by atoms with E-state index in [1.54, 1.807) is 6.92 Å². The van der Waals surface area contributed by atoms with E-state index >= 15 is 0 Å². The van der Waals surface area contributed by atoms with Crippen molar-refractivity contribution in [1.29, 1.82) is 0 Å². The molecule has 0 aromatic carbocycles. The number of hydrogen-bond acceptors (Lipinski definition) is 4. The molecule has 0 rings (SSSR count). The maximum Gasteiger partial charge on any atom is 1.00 e. The third-order valence-electron chi connectivity index (χ3n) is 2.51. The largest absolute Gasteiger partial charge is 1.00 e. The van der Waals surface area contributed by atoms with Gasteiger partial charge in [0.05, 0.1) is 0 Å². The van der Waals surface area contributed by atoms with Gasteiger partial charge in [0.2, 0.25) is 0 Å². The Bertz CT molecular complexity index is 248. The van der Waals surface area contributed by atoms with Crippen LogP contribution in [0.1, 0.15) is 79.5 Å². The molecule has 0 saturated carbocycles. The van der Waals surface area contributed by atoms with Gasteiger partial charge in [-0.1, -0.05) is 64.7 Å². The van der Waals surface area contributed by atoms with E-state index in [2.05, 4.69) is 6.92 Å². The Kier molecular flexibility index (Phi) is 37.2. The third-order valence-corrected chi connectivity index (χ3v) is 2.51. The molecule has 134 valence electrons. The fourth-order valence-electron chi connectivity index (χ4n) is 1.60. The van der Waals surface area contributed by atoms with Crippen LogP contribution in [-0.2, 0) is 10.4 Å². The van der Waals surface area contributed by atoms with Crippen LogP contribution in [0.5, 0.6) is 0 Å². The molecule has 4 N–H and O–H groups in total. The summed E-state index contributed by atoms with van der Waals surface area (Å²) in [4.78, 5) is 0. The molecule has 8 heteroatoms. The predicted octanol–water partition coefficient (Wildman–Crippen LogP) is 0.362. The van der Waals surface area contributed by atoms with Crippen molar-refractivity contribution in [3.63, 3.8) is 0 Å². The van der Waals surface area contributed by atoms with E-state index in [-0.39, 0.29) is 37.6 Å². The average Bonchev–Trinajstić information content (AvgIpc) is 2.36. The number of unbranched alkanes of at least 4 members (excludes halogenated alkanes) is 9. The second-order valence-corrected chi connectivity index (χ2v) is 5.57. The molecule has 0 spiro atoms. The van der Waals surface area contributed by atoms with E-state index < -0.39 is 10.4 Å². The summed E-state index contributed by atoms with van der Waals surface area (Å²) in [5.74, 6) is 0. The minimum atomic E-state index is -4.67. The maximum absolute atomic E-state index is 8.74. The Labute approximate surface area is 160 Å². The maximum atomic E-state index is 8.74. The summed E-state index contributed by atoms with van der Waals surface area (Å²) in [5.41, 5.74) is 0. The van der Waals surface area contributed by atoms with Crippen LogP contribution < -0.4 is 29.6 Å². The molecule has 0 aliphatic carbocycles. The number of rotatable bonds is 10. The molecule has 0 radical (unpaired) electrons. The van der Waals surface area contributed by atoms with Crippen LogP contribution in [0, 0.1) is 0 Å². The van der Waals surface area contributed by atoms with Gasteiger partial charge in [0.1, 0.15) is 0 Å². The van der Waals surface area contributed by atoms with E-state index in [4.69, 9.17) is 27.7 Å². The van der Waals surface area contributed by atoms with Gasteiger partial charge in [-0.15, -0.1) is 0 Å². The molecule has 0 fully saturated rings. The summed E-state index contributed by atoms with van der Waals surface area (Å²) >= 11 is 0. The molecule has 0 aromatic rings. The Morgan fingerprint density at radius 3 is 1.18 bits per heavy atom. The summed E-state index contributed by atoms with van der Waals surface area (Å²) < 4.78 is 31.6. The molecule has 0 aromatic heterocycles. The minimum Gasteiger partial charge on any atom is -1.00 e. The summed E-state index contributed by atoms with van der Waals surface area (Å²) in [6, 6.07) is 0. The van der Waals surface area contributed by atoms with Crippen molar-refractivity contribution >= 4 is 10.4 Å². The molecular weight excluding hydrogens is 319 g/mol. The average molecular weight is 354 g/mol. The van der Waals surface area contributed by atoms with Crippen LogP contribution in [0.15, 0.2) is 0 Å². The van der Waals surface area contributed by atoms with E-state index in [0.717, 1.165) is 6.42 Å². The van der Waals surface area contributed by atoms with Crippen molar-refractivity contribution in [1.82, 2.24) is 0 Å². The van der Waals surface area contributed by atoms with Gasteiger partial charge < -0.3 is 11.6 Å². The molecule has 0 saturated heterocycles. The molecular formula is C14H35NaO6S. The van der Waals surface area contributed by atoms with Gasteiger partial charge in [-0.3, -0.25) is 9.11 Å². The van der Waals surface area contributed by atoms with Crippen molar-refractivity contribution in [3.8, 4) is 0 Å². The van der Waals surface area contributed by atoms with Gasteiger partial charge in [0.15, 0.2) is 0 Å². The summed E-state index contributed by atoms with van der Waals surface area (Å²) in [6.45, 7) is 4.56. The standard InChI is InChI=1S/C12H26O.C2H6O.Na.H2O4S.H/c1-2-3-4-5-6-7-8-9-10-11-12-13;1-2-3;;1-5(2,3)4;/h13H,2-12H2,1H3;3H,2H2,1H3;;(H2,1,2,3,4);/q;;+1;;-1. The van der Waals surface area contributed by atoms with Gasteiger partial charge in [0.25, 0.3) is 0 Å². The van der Waals surface area contributed by atoms with Gasteiger partial charge in [-0.2, -0.15) is 8.42 Å². The van der Waals surface area contributed by atoms with Crippen LogP contribution >= 0.6 is 0 Å². The quantitative estimate of drug-likeness (QED) is 0.256. The second-order valence-electron chi connectivity index (χ2n) is 4.67. The van der Waals surface area contributed by atoms with Gasteiger partial charge in [-0.25, -0.2) is 0 Å². The molecule has 0 aliphatic rings. The molecule has 22 heavy (non-hydrogen) atoms. The van der Waals surface area contributed by atoms with Crippen molar-refractivity contribution in [2.75, 3.05) is 13.2 Å². The molecule has 0 aliphatic heterocycles. The SMILES string of the molecule is CCCCCCCCCCCCO.CCO.O=S(=O)(O)O.[H-].[Na+]. The van der Waals surface area contributed by atoms with Crippen LogP contribution in [-0.4, -0.2) is 41.0 Å². The van der Waals surface area contributed by atoms with Crippen LogP contribution in [0.4, 0.5) is 0 Å². The van der Waals surface area contributed by atoms with Gasteiger partial charge >= 0.3 is 40.0 Å². The van der Waals surface area contributed by atoms with Crippen LogP contribution in [0.2, 0.25) is 0 Å². The summed E-state index contributed by atoms with van der Waals surface area (Å²) in [5, 5.41) is 16.1. The smallest absolute Gasteiger partial charge is 1.00 e. The molecule has 0 bridgehead atoms. The minimum absolute atomic E-state index is 0. The molecule has 0 amide bonds. The normalized spacial score (nSPS) is 9.73. The fourth-order valence-corrected chi connectivity index (χ4v) is 1.60. The number of aliphatic hydroxyl groups is 2. The zero-order valence-corrected chi connectivity index (χ0v) is 17.3. The summed E-state index contributed by atoms with van der Waals surface area (Å²) in [6.07, 6.45) is 13.3. The van der Waals surface area contributed by atoms with Crippen LogP contribution in [0.25, 0.3) is 0 Å². The Hall–Kier alpha value is 0.790. The van der Waals surface area contributed by atoms with Crippen molar-refractivity contribution in [3.05, 3.63) is 0 Å². The van der Waals surface area contributed by atoms with Crippen LogP contribution in [0.3, 0.4) is 0 Å². The fraction of sp³-hybridized carbons (Fsp3) is 1.00. The van der Waals surface area contributed by atoms with Crippen molar-refractivity contribution in [2.45, 2.75) is 78.1 Å². The molecule has 0 atom stereocenters. The first kappa shape index (κ1) is 30.6. The van der Waals surface area contributed by atoms with E-state index in [1.165, 1.54) is 57.8 Å². The van der Waals surface area contributed by atoms with E-state index in [1.807, 2.05) is 0 Å². The number of hydrogen-bond donors (Lipinski definition) is 4. The third kappa shape index (κ3) is 69.9. The first-order valence-electron chi connectivity index (χ1n) is 7.75. The van der Waals surface area contributed by atoms with Gasteiger partial charge in [0, 0.05) is 13.2 Å². The van der Waals surface area contributed by atoms with E-state index in [0.29, 0.717) is 6.61 Å². The monoisotopic (exact) mass is 354 g/mol. The molecule has 6 nitrogen and oxygen atoms in total. The number of aliphatic hydroxyl groups excluding tert-OH is 2. The molecule has 0 heterocycles.